The van der Waals surface area contributed by atoms with Gasteiger partial charge in [-0.1, -0.05) is 12.1 Å². The average molecular weight is 228 g/mol. The normalized spacial score (nSPS) is 10.9. The van der Waals surface area contributed by atoms with Gasteiger partial charge < -0.3 is 5.73 Å². The quantitative estimate of drug-likeness (QED) is 0.694. The van der Waals surface area contributed by atoms with Crippen molar-refractivity contribution >= 4 is 11.3 Å². The summed E-state index contributed by atoms with van der Waals surface area (Å²) in [7, 11) is 0. The van der Waals surface area contributed by atoms with Crippen LogP contribution in [0.25, 0.3) is 16.8 Å². The molecule has 17 heavy (non-hydrogen) atoms. The summed E-state index contributed by atoms with van der Waals surface area (Å²) >= 11 is 0. The fourth-order valence-corrected chi connectivity index (χ4v) is 1.72. The first-order chi connectivity index (χ1) is 8.24. The lowest BCUT2D eigenvalue weighted by Gasteiger charge is -1.99. The Morgan fingerprint density at radius 2 is 1.88 bits per heavy atom. The zero-order valence-electron chi connectivity index (χ0n) is 8.84. The molecule has 0 aliphatic rings. The van der Waals surface area contributed by atoms with E-state index < -0.39 is 0 Å². The lowest BCUT2D eigenvalue weighted by atomic mass is 10.1. The number of fused-ring (bicyclic) bond motifs is 1. The largest absolute Gasteiger partial charge is 0.396 e. The second kappa shape index (κ2) is 3.55. The van der Waals surface area contributed by atoms with Crippen LogP contribution in [-0.2, 0) is 0 Å². The van der Waals surface area contributed by atoms with Crippen molar-refractivity contribution in [3.05, 3.63) is 48.7 Å². The molecule has 0 aliphatic heterocycles. The molecule has 1 aromatic carbocycles. The number of rotatable bonds is 1. The van der Waals surface area contributed by atoms with E-state index in [0.29, 0.717) is 11.3 Å². The first-order valence-electron chi connectivity index (χ1n) is 5.09. The van der Waals surface area contributed by atoms with Gasteiger partial charge in [-0.05, 0) is 17.7 Å². The van der Waals surface area contributed by atoms with Crippen molar-refractivity contribution < 1.29 is 4.39 Å². The standard InChI is InChI=1S/C12H9FN4/c13-9-3-1-8(2-4-9)11-6-16-17-7-10(14)5-15-12(11)17/h1-7H,14H2. The molecular formula is C12H9FN4. The Morgan fingerprint density at radius 3 is 2.65 bits per heavy atom. The fraction of sp³-hybridized carbons (Fsp3) is 0. The van der Waals surface area contributed by atoms with E-state index in [0.717, 1.165) is 11.1 Å². The third-order valence-electron chi connectivity index (χ3n) is 2.53. The van der Waals surface area contributed by atoms with E-state index in [9.17, 15) is 4.39 Å². The van der Waals surface area contributed by atoms with E-state index in [2.05, 4.69) is 10.1 Å². The minimum Gasteiger partial charge on any atom is -0.396 e. The molecule has 4 nitrogen and oxygen atoms in total. The fourth-order valence-electron chi connectivity index (χ4n) is 1.72. The second-order valence-corrected chi connectivity index (χ2v) is 3.72. The van der Waals surface area contributed by atoms with Crippen molar-refractivity contribution in [2.75, 3.05) is 5.73 Å². The van der Waals surface area contributed by atoms with Crippen LogP contribution in [0.3, 0.4) is 0 Å². The molecular weight excluding hydrogens is 219 g/mol. The summed E-state index contributed by atoms with van der Waals surface area (Å²) in [5, 5.41) is 4.16. The summed E-state index contributed by atoms with van der Waals surface area (Å²) in [5.74, 6) is -0.262. The number of nitrogens with zero attached hydrogens (tertiary/aromatic N) is 3. The number of halogens is 1. The van der Waals surface area contributed by atoms with Crippen molar-refractivity contribution in [1.29, 1.82) is 0 Å². The predicted octanol–water partition coefficient (Wildman–Crippen LogP) is 2.12. The van der Waals surface area contributed by atoms with Crippen LogP contribution in [0.1, 0.15) is 0 Å². The molecule has 0 fully saturated rings. The van der Waals surface area contributed by atoms with E-state index >= 15 is 0 Å². The van der Waals surface area contributed by atoms with Crippen LogP contribution in [0.4, 0.5) is 10.1 Å². The monoisotopic (exact) mass is 228 g/mol. The van der Waals surface area contributed by atoms with Gasteiger partial charge in [-0.3, -0.25) is 0 Å². The molecule has 0 unspecified atom stereocenters. The molecule has 0 amide bonds. The molecule has 84 valence electrons. The Kier molecular flexibility index (Phi) is 2.04. The molecule has 0 saturated heterocycles. The lowest BCUT2D eigenvalue weighted by molar-refractivity contribution is 0.628. The van der Waals surface area contributed by atoms with Gasteiger partial charge >= 0.3 is 0 Å². The van der Waals surface area contributed by atoms with Crippen molar-refractivity contribution in [3.63, 3.8) is 0 Å². The van der Waals surface area contributed by atoms with E-state index in [-0.39, 0.29) is 5.82 Å². The Morgan fingerprint density at radius 1 is 1.12 bits per heavy atom. The number of benzene rings is 1. The number of hydrogen-bond acceptors (Lipinski definition) is 3. The average Bonchev–Trinajstić information content (AvgIpc) is 2.73. The van der Waals surface area contributed by atoms with Crippen LogP contribution in [-0.4, -0.2) is 14.6 Å². The highest BCUT2D eigenvalue weighted by molar-refractivity contribution is 5.77. The van der Waals surface area contributed by atoms with Gasteiger partial charge in [0.1, 0.15) is 5.82 Å². The molecule has 0 bridgehead atoms. The number of aromatic nitrogens is 3. The Bertz CT molecular complexity index is 673. The third kappa shape index (κ3) is 1.61. The van der Waals surface area contributed by atoms with Gasteiger partial charge in [-0.15, -0.1) is 0 Å². The molecule has 3 rings (SSSR count). The molecule has 5 heteroatoms. The highest BCUT2D eigenvalue weighted by Gasteiger charge is 2.07. The minimum absolute atomic E-state index is 0.262. The SMILES string of the molecule is Nc1cnc2c(-c3ccc(F)cc3)cnn2c1. The third-order valence-corrected chi connectivity index (χ3v) is 2.53. The van der Waals surface area contributed by atoms with Crippen LogP contribution in [0, 0.1) is 5.82 Å². The van der Waals surface area contributed by atoms with Crippen molar-refractivity contribution in [2.45, 2.75) is 0 Å². The zero-order valence-corrected chi connectivity index (χ0v) is 8.84. The van der Waals surface area contributed by atoms with Crippen molar-refractivity contribution in [2.24, 2.45) is 0 Å². The van der Waals surface area contributed by atoms with E-state index in [4.69, 9.17) is 5.73 Å². The Balaban J connectivity index is 2.21. The summed E-state index contributed by atoms with van der Waals surface area (Å²) in [4.78, 5) is 4.22. The lowest BCUT2D eigenvalue weighted by Crippen LogP contribution is -1.94. The zero-order chi connectivity index (χ0) is 11.8. The van der Waals surface area contributed by atoms with Crippen LogP contribution >= 0.6 is 0 Å². The maximum Gasteiger partial charge on any atom is 0.162 e. The van der Waals surface area contributed by atoms with E-state index in [1.807, 2.05) is 0 Å². The number of nitrogen functional groups attached to an aromatic ring is 1. The van der Waals surface area contributed by atoms with Crippen LogP contribution in [0.15, 0.2) is 42.9 Å². The summed E-state index contributed by atoms with van der Waals surface area (Å²) in [6, 6.07) is 6.22. The van der Waals surface area contributed by atoms with Crippen LogP contribution in [0.5, 0.6) is 0 Å². The smallest absolute Gasteiger partial charge is 0.162 e. The van der Waals surface area contributed by atoms with E-state index in [1.54, 1.807) is 35.2 Å². The van der Waals surface area contributed by atoms with Gasteiger partial charge in [-0.2, -0.15) is 5.10 Å². The summed E-state index contributed by atoms with van der Waals surface area (Å²) in [5.41, 5.74) is 8.59. The Labute approximate surface area is 96.5 Å². The van der Waals surface area contributed by atoms with Gasteiger partial charge in [0.2, 0.25) is 0 Å². The molecule has 2 heterocycles. The molecule has 0 spiro atoms. The maximum absolute atomic E-state index is 12.8. The molecule has 2 aromatic heterocycles. The molecule has 0 aliphatic carbocycles. The van der Waals surface area contributed by atoms with Gasteiger partial charge in [0.05, 0.1) is 24.3 Å². The molecule has 0 atom stereocenters. The van der Waals surface area contributed by atoms with Gasteiger partial charge in [0.15, 0.2) is 5.65 Å². The summed E-state index contributed by atoms with van der Waals surface area (Å²) in [6.45, 7) is 0. The van der Waals surface area contributed by atoms with Crippen LogP contribution < -0.4 is 5.73 Å². The Hall–Kier alpha value is -2.43. The number of anilines is 1. The van der Waals surface area contributed by atoms with E-state index in [1.165, 1.54) is 12.1 Å². The van der Waals surface area contributed by atoms with Crippen molar-refractivity contribution in [1.82, 2.24) is 14.6 Å². The van der Waals surface area contributed by atoms with Crippen molar-refractivity contribution in [3.8, 4) is 11.1 Å². The first-order valence-corrected chi connectivity index (χ1v) is 5.09. The summed E-state index contributed by atoms with van der Waals surface area (Å²) < 4.78 is 14.4. The van der Waals surface area contributed by atoms with Gasteiger partial charge in [0.25, 0.3) is 0 Å². The molecule has 0 saturated carbocycles. The topological polar surface area (TPSA) is 56.2 Å². The second-order valence-electron chi connectivity index (χ2n) is 3.72. The first kappa shape index (κ1) is 9.77. The summed E-state index contributed by atoms with van der Waals surface area (Å²) in [6.07, 6.45) is 4.95. The highest BCUT2D eigenvalue weighted by atomic mass is 19.1. The van der Waals surface area contributed by atoms with Gasteiger partial charge in [0, 0.05) is 5.56 Å². The maximum atomic E-state index is 12.8. The molecule has 0 radical (unpaired) electrons. The number of hydrogen-bond donors (Lipinski definition) is 1. The van der Waals surface area contributed by atoms with Crippen LogP contribution in [0.2, 0.25) is 0 Å². The molecule has 3 aromatic rings. The number of nitrogens with two attached hydrogens (primary N) is 1. The molecule has 2 N–H and O–H groups in total. The predicted molar refractivity (Wildman–Crippen MR) is 62.8 cm³/mol. The highest BCUT2D eigenvalue weighted by Crippen LogP contribution is 2.23. The minimum atomic E-state index is -0.262. The van der Waals surface area contributed by atoms with Gasteiger partial charge in [-0.25, -0.2) is 13.9 Å².